The van der Waals surface area contributed by atoms with Crippen LogP contribution in [0.5, 0.6) is 5.75 Å². The highest BCUT2D eigenvalue weighted by Gasteiger charge is 2.16. The Labute approximate surface area is 198 Å². The number of aromatic nitrogens is 3. The van der Waals surface area contributed by atoms with Crippen molar-refractivity contribution >= 4 is 51.7 Å². The van der Waals surface area contributed by atoms with Gasteiger partial charge >= 0.3 is 0 Å². The molecule has 1 amide bonds. The van der Waals surface area contributed by atoms with Gasteiger partial charge < -0.3 is 15.4 Å². The van der Waals surface area contributed by atoms with E-state index in [1.165, 1.54) is 37.7 Å². The number of halogens is 2. The van der Waals surface area contributed by atoms with Crippen molar-refractivity contribution in [3.8, 4) is 11.8 Å². The number of hydrogen-bond donors (Lipinski definition) is 2. The van der Waals surface area contributed by atoms with Crippen LogP contribution in [0, 0.1) is 17.1 Å². The van der Waals surface area contributed by atoms with E-state index in [2.05, 4.69) is 25.6 Å². The average molecular weight is 475 g/mol. The number of methoxy groups -OCH3 is 1. The van der Waals surface area contributed by atoms with Crippen LogP contribution >= 0.6 is 11.6 Å². The molecule has 0 aliphatic carbocycles. The zero-order valence-corrected chi connectivity index (χ0v) is 18.5. The molecule has 0 spiro atoms. The second kappa shape index (κ2) is 9.94. The van der Waals surface area contributed by atoms with Gasteiger partial charge in [0.05, 0.1) is 29.0 Å². The van der Waals surface area contributed by atoms with Gasteiger partial charge in [-0.25, -0.2) is 14.4 Å². The van der Waals surface area contributed by atoms with E-state index in [1.54, 1.807) is 36.5 Å². The van der Waals surface area contributed by atoms with Gasteiger partial charge in [-0.3, -0.25) is 9.78 Å². The van der Waals surface area contributed by atoms with Gasteiger partial charge in [0, 0.05) is 23.3 Å². The van der Waals surface area contributed by atoms with Gasteiger partial charge in [0.15, 0.2) is 0 Å². The van der Waals surface area contributed by atoms with E-state index in [1.807, 2.05) is 6.07 Å². The minimum Gasteiger partial charge on any atom is -0.494 e. The van der Waals surface area contributed by atoms with Gasteiger partial charge in [-0.15, -0.1) is 0 Å². The summed E-state index contributed by atoms with van der Waals surface area (Å²) in [6.07, 6.45) is 4.31. The molecule has 2 heterocycles. The Morgan fingerprint density at radius 1 is 1.18 bits per heavy atom. The maximum absolute atomic E-state index is 13.5. The van der Waals surface area contributed by atoms with E-state index >= 15 is 0 Å². The Morgan fingerprint density at radius 2 is 2.03 bits per heavy atom. The number of benzene rings is 2. The van der Waals surface area contributed by atoms with Gasteiger partial charge in [0.1, 0.15) is 35.4 Å². The van der Waals surface area contributed by atoms with E-state index < -0.39 is 11.7 Å². The van der Waals surface area contributed by atoms with Crippen molar-refractivity contribution in [3.05, 3.63) is 83.2 Å². The Hall–Kier alpha value is -4.55. The molecule has 0 fully saturated rings. The summed E-state index contributed by atoms with van der Waals surface area (Å²) in [4.78, 5) is 25.4. The molecule has 0 aliphatic heterocycles. The third-order valence-electron chi connectivity index (χ3n) is 4.73. The molecule has 2 aromatic carbocycles. The van der Waals surface area contributed by atoms with Crippen LogP contribution in [0.25, 0.3) is 17.0 Å². The monoisotopic (exact) mass is 474 g/mol. The summed E-state index contributed by atoms with van der Waals surface area (Å²) in [6, 6.07) is 14.5. The second-order valence-corrected chi connectivity index (χ2v) is 7.33. The van der Waals surface area contributed by atoms with E-state index in [-0.39, 0.29) is 10.6 Å². The topological polar surface area (TPSA) is 113 Å². The quantitative estimate of drug-likeness (QED) is 0.294. The van der Waals surface area contributed by atoms with Gasteiger partial charge in [-0.05, 0) is 42.5 Å². The van der Waals surface area contributed by atoms with Crippen molar-refractivity contribution in [1.29, 1.82) is 5.26 Å². The van der Waals surface area contributed by atoms with Crippen LogP contribution in [-0.4, -0.2) is 28.0 Å². The summed E-state index contributed by atoms with van der Waals surface area (Å²) in [5, 5.41) is 15.8. The van der Waals surface area contributed by atoms with Crippen LogP contribution in [-0.2, 0) is 4.79 Å². The number of carbonyl (C=O) groups is 1. The molecular formula is C24H16ClFN6O2. The second-order valence-electron chi connectivity index (χ2n) is 6.92. The molecule has 0 saturated heterocycles. The van der Waals surface area contributed by atoms with E-state index in [0.717, 1.165) is 0 Å². The number of pyridine rings is 1. The molecule has 0 aliphatic rings. The zero-order valence-electron chi connectivity index (χ0n) is 17.7. The van der Waals surface area contributed by atoms with Gasteiger partial charge in [0.25, 0.3) is 5.91 Å². The lowest BCUT2D eigenvalue weighted by atomic mass is 10.1. The first-order valence-electron chi connectivity index (χ1n) is 9.87. The number of fused-ring (bicyclic) bond motifs is 1. The largest absolute Gasteiger partial charge is 0.494 e. The maximum Gasteiger partial charge on any atom is 0.266 e. The molecule has 4 aromatic rings. The highest BCUT2D eigenvalue weighted by Crippen LogP contribution is 2.33. The summed E-state index contributed by atoms with van der Waals surface area (Å²) in [7, 11) is 1.45. The predicted octanol–water partition coefficient (Wildman–Crippen LogP) is 5.12. The molecule has 2 N–H and O–H groups in total. The summed E-state index contributed by atoms with van der Waals surface area (Å²) < 4.78 is 18.9. The van der Waals surface area contributed by atoms with Crippen LogP contribution in [0.3, 0.4) is 0 Å². The van der Waals surface area contributed by atoms with Gasteiger partial charge in [-0.2, -0.15) is 5.26 Å². The van der Waals surface area contributed by atoms with Crippen LogP contribution in [0.15, 0.2) is 66.6 Å². The number of nitriles is 1. The van der Waals surface area contributed by atoms with Crippen molar-refractivity contribution in [2.24, 2.45) is 0 Å². The van der Waals surface area contributed by atoms with E-state index in [4.69, 9.17) is 16.3 Å². The normalized spacial score (nSPS) is 11.1. The highest BCUT2D eigenvalue weighted by molar-refractivity contribution is 6.31. The molecule has 2 aromatic heterocycles. The molecule has 0 saturated carbocycles. The van der Waals surface area contributed by atoms with Crippen molar-refractivity contribution < 1.29 is 13.9 Å². The molecule has 10 heteroatoms. The van der Waals surface area contributed by atoms with E-state index in [0.29, 0.717) is 39.5 Å². The number of anilines is 3. The number of nitrogens with one attached hydrogen (secondary N) is 2. The van der Waals surface area contributed by atoms with Crippen LogP contribution in [0.4, 0.5) is 21.6 Å². The fourth-order valence-electron chi connectivity index (χ4n) is 3.11. The molecule has 34 heavy (non-hydrogen) atoms. The Bertz CT molecular complexity index is 1450. The summed E-state index contributed by atoms with van der Waals surface area (Å²) in [5.74, 6) is -0.440. The average Bonchev–Trinajstić information content (AvgIpc) is 2.85. The number of rotatable bonds is 6. The fourth-order valence-corrected chi connectivity index (χ4v) is 3.29. The first-order valence-corrected chi connectivity index (χ1v) is 10.3. The fraction of sp³-hybridized carbons (Fsp3) is 0.0417. The number of hydrogen-bond acceptors (Lipinski definition) is 7. The van der Waals surface area contributed by atoms with Gasteiger partial charge in [-0.1, -0.05) is 17.7 Å². The predicted molar refractivity (Wildman–Crippen MR) is 127 cm³/mol. The Balaban J connectivity index is 1.70. The number of amides is 1. The smallest absolute Gasteiger partial charge is 0.266 e. The maximum atomic E-state index is 13.5. The van der Waals surface area contributed by atoms with Crippen molar-refractivity contribution in [3.63, 3.8) is 0 Å². The third-order valence-corrected chi connectivity index (χ3v) is 5.02. The van der Waals surface area contributed by atoms with Crippen LogP contribution < -0.4 is 15.4 Å². The first-order chi connectivity index (χ1) is 16.5. The molecule has 4 rings (SSSR count). The van der Waals surface area contributed by atoms with Crippen LogP contribution in [0.2, 0.25) is 5.02 Å². The third kappa shape index (κ3) is 4.92. The number of ether oxygens (including phenoxy) is 1. The molecular weight excluding hydrogens is 459 g/mol. The Kier molecular flexibility index (Phi) is 6.62. The van der Waals surface area contributed by atoms with Crippen molar-refractivity contribution in [2.45, 2.75) is 0 Å². The number of carbonyl (C=O) groups excluding carboxylic acids is 1. The standard InChI is InChI=1S/C24H16ClFN6O2/c1-34-22-11-20-17(23(30-13-29-20)31-16-5-6-19(26)18(25)9-16)10-21(22)32-24(33)14(12-27)8-15-4-2-3-7-28-15/h2-11,13H,1H3,(H,32,33)(H,29,30,31). The summed E-state index contributed by atoms with van der Waals surface area (Å²) >= 11 is 5.87. The zero-order chi connectivity index (χ0) is 24.1. The number of nitrogens with zero attached hydrogens (tertiary/aromatic N) is 4. The molecule has 0 unspecified atom stereocenters. The SMILES string of the molecule is COc1cc2ncnc(Nc3ccc(F)c(Cl)c3)c2cc1NC(=O)C(C#N)=Cc1ccccn1. The Morgan fingerprint density at radius 3 is 2.74 bits per heavy atom. The summed E-state index contributed by atoms with van der Waals surface area (Å²) in [6.45, 7) is 0. The molecule has 0 radical (unpaired) electrons. The minimum absolute atomic E-state index is 0.0401. The summed E-state index contributed by atoms with van der Waals surface area (Å²) in [5.41, 5.74) is 1.68. The molecule has 168 valence electrons. The van der Waals surface area contributed by atoms with Crippen LogP contribution in [0.1, 0.15) is 5.69 Å². The minimum atomic E-state index is -0.637. The molecule has 0 atom stereocenters. The molecule has 0 bridgehead atoms. The van der Waals surface area contributed by atoms with Gasteiger partial charge in [0.2, 0.25) is 0 Å². The lowest BCUT2D eigenvalue weighted by molar-refractivity contribution is -0.112. The highest BCUT2D eigenvalue weighted by atomic mass is 35.5. The lowest BCUT2D eigenvalue weighted by Crippen LogP contribution is -2.14. The van der Waals surface area contributed by atoms with Crippen molar-refractivity contribution in [2.75, 3.05) is 17.7 Å². The van der Waals surface area contributed by atoms with Crippen molar-refractivity contribution in [1.82, 2.24) is 15.0 Å². The first kappa shape index (κ1) is 22.6. The molecule has 8 nitrogen and oxygen atoms in total. The van der Waals surface area contributed by atoms with E-state index in [9.17, 15) is 14.4 Å². The lowest BCUT2D eigenvalue weighted by Gasteiger charge is -2.14.